The Morgan fingerprint density at radius 2 is 2.11 bits per heavy atom. The van der Waals surface area contributed by atoms with Crippen LogP contribution in [0.3, 0.4) is 0 Å². The van der Waals surface area contributed by atoms with Gasteiger partial charge in [-0.05, 0) is 25.5 Å². The van der Waals surface area contributed by atoms with Gasteiger partial charge in [0.05, 0.1) is 17.8 Å². The van der Waals surface area contributed by atoms with Crippen LogP contribution < -0.4 is 10.6 Å². The van der Waals surface area contributed by atoms with Gasteiger partial charge >= 0.3 is 6.03 Å². The van der Waals surface area contributed by atoms with Crippen molar-refractivity contribution in [2.24, 2.45) is 0 Å². The lowest BCUT2D eigenvalue weighted by Crippen LogP contribution is -2.50. The van der Waals surface area contributed by atoms with Crippen molar-refractivity contribution in [1.82, 2.24) is 5.32 Å². The third-order valence-corrected chi connectivity index (χ3v) is 2.75. The lowest BCUT2D eigenvalue weighted by molar-refractivity contribution is 0.167. The Morgan fingerprint density at radius 1 is 1.42 bits per heavy atom. The van der Waals surface area contributed by atoms with Crippen LogP contribution in [-0.2, 0) is 0 Å². The zero-order valence-electron chi connectivity index (χ0n) is 11.0. The summed E-state index contributed by atoms with van der Waals surface area (Å²) in [5.41, 5.74) is -0.884. The highest BCUT2D eigenvalue weighted by molar-refractivity contribution is 5.89. The normalized spacial score (nSPS) is 13.7. The molecule has 2 amide bonds. The Morgan fingerprint density at radius 3 is 2.63 bits per heavy atom. The first-order valence-electron chi connectivity index (χ1n) is 6.05. The highest BCUT2D eigenvalue weighted by Crippen LogP contribution is 2.16. The zero-order chi connectivity index (χ0) is 14.5. The summed E-state index contributed by atoms with van der Waals surface area (Å²) in [7, 11) is 0. The average Bonchev–Trinajstić information content (AvgIpc) is 2.33. The number of hydrogen-bond donors (Lipinski definition) is 3. The topological polar surface area (TPSA) is 61.4 Å². The minimum Gasteiger partial charge on any atom is -0.394 e. The third-order valence-electron chi connectivity index (χ3n) is 2.75. The molecule has 0 spiro atoms. The third kappa shape index (κ3) is 4.48. The van der Waals surface area contributed by atoms with Crippen LogP contribution in [0, 0.1) is 11.6 Å². The fourth-order valence-corrected chi connectivity index (χ4v) is 1.75. The molecule has 0 saturated carbocycles. The second kappa shape index (κ2) is 6.47. The van der Waals surface area contributed by atoms with Crippen molar-refractivity contribution in [3.8, 4) is 0 Å². The maximum atomic E-state index is 13.3. The van der Waals surface area contributed by atoms with E-state index in [1.54, 1.807) is 6.92 Å². The van der Waals surface area contributed by atoms with E-state index in [2.05, 4.69) is 10.6 Å². The second-order valence-electron chi connectivity index (χ2n) is 4.67. The van der Waals surface area contributed by atoms with Gasteiger partial charge in [0.25, 0.3) is 0 Å². The molecule has 4 nitrogen and oxygen atoms in total. The number of urea groups is 1. The molecule has 1 aromatic carbocycles. The first kappa shape index (κ1) is 15.4. The predicted octanol–water partition coefficient (Wildman–Crippen LogP) is 2.64. The SMILES string of the molecule is CCCC(C)(CO)NC(=O)Nc1ccc(F)cc1F. The molecular formula is C13H18F2N2O2. The van der Waals surface area contributed by atoms with E-state index < -0.39 is 23.2 Å². The largest absolute Gasteiger partial charge is 0.394 e. The van der Waals surface area contributed by atoms with Gasteiger partial charge in [0.15, 0.2) is 0 Å². The average molecular weight is 272 g/mol. The second-order valence-corrected chi connectivity index (χ2v) is 4.67. The Balaban J connectivity index is 2.69. The molecule has 0 aliphatic carbocycles. The molecule has 0 saturated heterocycles. The van der Waals surface area contributed by atoms with Gasteiger partial charge in [0.2, 0.25) is 0 Å². The number of benzene rings is 1. The standard InChI is InChI=1S/C13H18F2N2O2/c1-3-6-13(2,8-18)17-12(19)16-11-5-4-9(14)7-10(11)15/h4-5,7,18H,3,6,8H2,1-2H3,(H2,16,17,19). The van der Waals surface area contributed by atoms with Gasteiger partial charge in [-0.2, -0.15) is 0 Å². The lowest BCUT2D eigenvalue weighted by atomic mass is 9.98. The summed E-state index contributed by atoms with van der Waals surface area (Å²) in [5, 5.41) is 14.1. The van der Waals surface area contributed by atoms with Gasteiger partial charge in [0.1, 0.15) is 11.6 Å². The van der Waals surface area contributed by atoms with Gasteiger partial charge in [-0.25, -0.2) is 13.6 Å². The summed E-state index contributed by atoms with van der Waals surface area (Å²) < 4.78 is 26.1. The van der Waals surface area contributed by atoms with E-state index in [9.17, 15) is 18.7 Å². The van der Waals surface area contributed by atoms with Crippen molar-refractivity contribution < 1.29 is 18.7 Å². The number of halogens is 2. The molecular weight excluding hydrogens is 254 g/mol. The first-order chi connectivity index (χ1) is 8.90. The monoisotopic (exact) mass is 272 g/mol. The zero-order valence-corrected chi connectivity index (χ0v) is 11.0. The van der Waals surface area contributed by atoms with E-state index in [1.807, 2.05) is 6.92 Å². The van der Waals surface area contributed by atoms with E-state index >= 15 is 0 Å². The summed E-state index contributed by atoms with van der Waals surface area (Å²) in [4.78, 5) is 11.7. The van der Waals surface area contributed by atoms with E-state index in [1.165, 1.54) is 0 Å². The molecule has 0 aliphatic heterocycles. The van der Waals surface area contributed by atoms with Crippen LogP contribution in [0.15, 0.2) is 18.2 Å². The highest BCUT2D eigenvalue weighted by Gasteiger charge is 2.24. The summed E-state index contributed by atoms with van der Waals surface area (Å²) in [6.07, 6.45) is 1.37. The number of nitrogens with one attached hydrogen (secondary N) is 2. The van der Waals surface area contributed by atoms with Crippen LogP contribution >= 0.6 is 0 Å². The minimum absolute atomic E-state index is 0.115. The van der Waals surface area contributed by atoms with Crippen LogP contribution in [-0.4, -0.2) is 23.3 Å². The first-order valence-corrected chi connectivity index (χ1v) is 6.05. The van der Waals surface area contributed by atoms with E-state index in [-0.39, 0.29) is 12.3 Å². The maximum absolute atomic E-state index is 13.3. The lowest BCUT2D eigenvalue weighted by Gasteiger charge is -2.28. The number of hydrogen-bond acceptors (Lipinski definition) is 2. The summed E-state index contributed by atoms with van der Waals surface area (Å²) >= 11 is 0. The molecule has 0 aliphatic rings. The highest BCUT2D eigenvalue weighted by atomic mass is 19.1. The van der Waals surface area contributed by atoms with Gasteiger partial charge in [-0.15, -0.1) is 0 Å². The number of anilines is 1. The molecule has 0 fully saturated rings. The predicted molar refractivity (Wildman–Crippen MR) is 68.9 cm³/mol. The molecule has 1 aromatic rings. The molecule has 3 N–H and O–H groups in total. The number of rotatable bonds is 5. The Hall–Kier alpha value is -1.69. The fourth-order valence-electron chi connectivity index (χ4n) is 1.75. The van der Waals surface area contributed by atoms with Crippen LogP contribution in [0.25, 0.3) is 0 Å². The fraction of sp³-hybridized carbons (Fsp3) is 0.462. The summed E-state index contributed by atoms with van der Waals surface area (Å²) in [6.45, 7) is 3.39. The number of aliphatic hydroxyl groups is 1. The van der Waals surface area contributed by atoms with Crippen molar-refractivity contribution in [2.75, 3.05) is 11.9 Å². The quantitative estimate of drug-likeness (QED) is 0.771. The Bertz CT molecular complexity index is 454. The van der Waals surface area contributed by atoms with Crippen molar-refractivity contribution >= 4 is 11.7 Å². The number of carbonyl (C=O) groups is 1. The minimum atomic E-state index is -0.851. The molecule has 0 radical (unpaired) electrons. The van der Waals surface area contributed by atoms with E-state index in [4.69, 9.17) is 0 Å². The molecule has 106 valence electrons. The van der Waals surface area contributed by atoms with E-state index in [0.29, 0.717) is 12.5 Å². The Kier molecular flexibility index (Phi) is 5.23. The molecule has 6 heteroatoms. The van der Waals surface area contributed by atoms with Gasteiger partial charge in [0, 0.05) is 6.07 Å². The molecule has 0 aromatic heterocycles. The van der Waals surface area contributed by atoms with Gasteiger partial charge in [-0.1, -0.05) is 13.3 Å². The van der Waals surface area contributed by atoms with Crippen LogP contribution in [0.4, 0.5) is 19.3 Å². The molecule has 1 atom stereocenters. The van der Waals surface area contributed by atoms with Crippen molar-refractivity contribution in [3.05, 3.63) is 29.8 Å². The molecule has 1 rings (SSSR count). The van der Waals surface area contributed by atoms with Crippen LogP contribution in [0.5, 0.6) is 0 Å². The van der Waals surface area contributed by atoms with E-state index in [0.717, 1.165) is 18.6 Å². The smallest absolute Gasteiger partial charge is 0.319 e. The van der Waals surface area contributed by atoms with Crippen molar-refractivity contribution in [3.63, 3.8) is 0 Å². The Labute approximate surface area is 110 Å². The van der Waals surface area contributed by atoms with Crippen LogP contribution in [0.1, 0.15) is 26.7 Å². The van der Waals surface area contributed by atoms with Gasteiger partial charge in [-0.3, -0.25) is 0 Å². The number of amides is 2. The summed E-state index contributed by atoms with van der Waals surface area (Å²) in [5.74, 6) is -1.56. The molecule has 0 bridgehead atoms. The van der Waals surface area contributed by atoms with Crippen LogP contribution in [0.2, 0.25) is 0 Å². The van der Waals surface area contributed by atoms with Crippen molar-refractivity contribution in [2.45, 2.75) is 32.2 Å². The molecule has 1 unspecified atom stereocenters. The summed E-state index contributed by atoms with van der Waals surface area (Å²) in [6, 6.07) is 2.24. The van der Waals surface area contributed by atoms with Crippen molar-refractivity contribution in [1.29, 1.82) is 0 Å². The number of carbonyl (C=O) groups excluding carboxylic acids is 1. The van der Waals surface area contributed by atoms with Gasteiger partial charge < -0.3 is 15.7 Å². The number of aliphatic hydroxyl groups excluding tert-OH is 1. The maximum Gasteiger partial charge on any atom is 0.319 e. The molecule has 19 heavy (non-hydrogen) atoms. The molecule has 0 heterocycles.